The van der Waals surface area contributed by atoms with Crippen molar-refractivity contribution < 1.29 is 5.11 Å². The second kappa shape index (κ2) is 3.55. The molecule has 0 unspecified atom stereocenters. The highest BCUT2D eigenvalue weighted by molar-refractivity contribution is 9.10. The lowest BCUT2D eigenvalue weighted by atomic mass is 10.1. The predicted molar refractivity (Wildman–Crippen MR) is 59.8 cm³/mol. The number of fused-ring (bicyclic) bond motifs is 1. The van der Waals surface area contributed by atoms with Crippen LogP contribution in [0, 0.1) is 0 Å². The minimum Gasteiger partial charge on any atom is -0.397 e. The Labute approximate surface area is 89.7 Å². The average Bonchev–Trinajstić information content (AvgIpc) is 2.17. The monoisotopic (exact) mass is 252 g/mol. The van der Waals surface area contributed by atoms with E-state index in [4.69, 9.17) is 5.73 Å². The Morgan fingerprint density at radius 2 is 2.21 bits per heavy atom. The summed E-state index contributed by atoms with van der Waals surface area (Å²) < 4.78 is 0.951. The molecule has 0 aliphatic carbocycles. The maximum Gasteiger partial charge on any atom is 0.0709 e. The Morgan fingerprint density at radius 1 is 1.43 bits per heavy atom. The lowest BCUT2D eigenvalue weighted by Gasteiger charge is -2.06. The van der Waals surface area contributed by atoms with Crippen LogP contribution < -0.4 is 5.73 Å². The van der Waals surface area contributed by atoms with Gasteiger partial charge in [-0.05, 0) is 18.2 Å². The molecule has 0 aliphatic heterocycles. The molecule has 1 aromatic heterocycles. The zero-order chi connectivity index (χ0) is 10.1. The molecule has 14 heavy (non-hydrogen) atoms. The molecular weight excluding hydrogens is 244 g/mol. The summed E-state index contributed by atoms with van der Waals surface area (Å²) in [5.74, 6) is 0. The molecule has 3 nitrogen and oxygen atoms in total. The van der Waals surface area contributed by atoms with Crippen molar-refractivity contribution >= 4 is 32.5 Å². The molecule has 3 N–H and O–H groups in total. The molecule has 0 saturated heterocycles. The van der Waals surface area contributed by atoms with Crippen molar-refractivity contribution in [1.82, 2.24) is 4.98 Å². The Hall–Kier alpha value is -1.13. The molecule has 1 heterocycles. The van der Waals surface area contributed by atoms with Gasteiger partial charge in [-0.1, -0.05) is 15.9 Å². The number of aliphatic hydroxyl groups excluding tert-OH is 1. The number of aliphatic hydroxyl groups is 1. The average molecular weight is 253 g/mol. The van der Waals surface area contributed by atoms with Gasteiger partial charge in [-0.2, -0.15) is 0 Å². The summed E-state index contributed by atoms with van der Waals surface area (Å²) in [6.07, 6.45) is 1.57. The van der Waals surface area contributed by atoms with Gasteiger partial charge in [0.15, 0.2) is 0 Å². The van der Waals surface area contributed by atoms with E-state index in [9.17, 15) is 5.11 Å². The molecule has 0 bridgehead atoms. The van der Waals surface area contributed by atoms with E-state index in [-0.39, 0.29) is 6.61 Å². The molecule has 0 spiro atoms. The number of hydrogen-bond donors (Lipinski definition) is 2. The summed E-state index contributed by atoms with van der Waals surface area (Å²) in [6.45, 7) is -0.0681. The maximum absolute atomic E-state index is 9.18. The lowest BCUT2D eigenvalue weighted by Crippen LogP contribution is -1.97. The van der Waals surface area contributed by atoms with E-state index >= 15 is 0 Å². The first-order valence-electron chi connectivity index (χ1n) is 4.16. The molecule has 0 saturated carbocycles. The molecule has 1 aromatic carbocycles. The van der Waals surface area contributed by atoms with E-state index in [0.717, 1.165) is 20.9 Å². The number of anilines is 1. The number of aromatic nitrogens is 1. The molecule has 72 valence electrons. The Morgan fingerprint density at radius 3 is 2.93 bits per heavy atom. The van der Waals surface area contributed by atoms with E-state index in [2.05, 4.69) is 20.9 Å². The van der Waals surface area contributed by atoms with E-state index in [0.29, 0.717) is 5.69 Å². The van der Waals surface area contributed by atoms with Gasteiger partial charge in [0, 0.05) is 15.4 Å². The normalized spacial score (nSPS) is 10.7. The van der Waals surface area contributed by atoms with E-state index in [1.54, 1.807) is 6.20 Å². The van der Waals surface area contributed by atoms with Gasteiger partial charge in [-0.15, -0.1) is 0 Å². The molecule has 2 aromatic rings. The Bertz CT molecular complexity index is 480. The molecular formula is C10H9BrN2O. The number of nitrogens with zero attached hydrogens (tertiary/aromatic N) is 1. The minimum atomic E-state index is -0.0681. The third kappa shape index (κ3) is 1.47. The third-order valence-corrected chi connectivity index (χ3v) is 2.63. The molecule has 2 rings (SSSR count). The highest BCUT2D eigenvalue weighted by Crippen LogP contribution is 2.25. The summed E-state index contributed by atoms with van der Waals surface area (Å²) in [5.41, 5.74) is 7.81. The summed E-state index contributed by atoms with van der Waals surface area (Å²) in [7, 11) is 0. The van der Waals surface area contributed by atoms with Crippen molar-refractivity contribution in [3.63, 3.8) is 0 Å². The van der Waals surface area contributed by atoms with Crippen molar-refractivity contribution in [2.45, 2.75) is 6.61 Å². The highest BCUT2D eigenvalue weighted by atomic mass is 79.9. The van der Waals surface area contributed by atoms with Gasteiger partial charge in [0.05, 0.1) is 24.0 Å². The van der Waals surface area contributed by atoms with E-state index in [1.807, 2.05) is 18.2 Å². The van der Waals surface area contributed by atoms with E-state index in [1.165, 1.54) is 0 Å². The smallest absolute Gasteiger partial charge is 0.0709 e. The first-order valence-corrected chi connectivity index (χ1v) is 4.95. The maximum atomic E-state index is 9.18. The van der Waals surface area contributed by atoms with Crippen molar-refractivity contribution in [3.8, 4) is 0 Å². The van der Waals surface area contributed by atoms with Gasteiger partial charge in [0.2, 0.25) is 0 Å². The third-order valence-electron chi connectivity index (χ3n) is 2.13. The topological polar surface area (TPSA) is 59.1 Å². The van der Waals surface area contributed by atoms with Gasteiger partial charge in [-0.3, -0.25) is 4.98 Å². The molecule has 0 atom stereocenters. The van der Waals surface area contributed by atoms with Crippen molar-refractivity contribution in [2.75, 3.05) is 5.73 Å². The van der Waals surface area contributed by atoms with Crippen LogP contribution in [-0.4, -0.2) is 10.1 Å². The summed E-state index contributed by atoms with van der Waals surface area (Å²) >= 11 is 3.37. The van der Waals surface area contributed by atoms with Crippen molar-refractivity contribution in [2.24, 2.45) is 0 Å². The van der Waals surface area contributed by atoms with Gasteiger partial charge >= 0.3 is 0 Å². The van der Waals surface area contributed by atoms with Crippen molar-refractivity contribution in [3.05, 3.63) is 34.4 Å². The quantitative estimate of drug-likeness (QED) is 0.817. The summed E-state index contributed by atoms with van der Waals surface area (Å²) in [4.78, 5) is 4.17. The summed E-state index contributed by atoms with van der Waals surface area (Å²) in [6, 6.07) is 5.70. The van der Waals surface area contributed by atoms with Crippen LogP contribution in [0.15, 0.2) is 28.9 Å². The van der Waals surface area contributed by atoms with Crippen LogP contribution in [0.3, 0.4) is 0 Å². The number of nitrogen functional groups attached to an aromatic ring is 1. The lowest BCUT2D eigenvalue weighted by molar-refractivity contribution is 0.284. The molecule has 4 heteroatoms. The highest BCUT2D eigenvalue weighted by Gasteiger charge is 2.05. The molecule has 0 radical (unpaired) electrons. The predicted octanol–water partition coefficient (Wildman–Crippen LogP) is 2.07. The Kier molecular flexibility index (Phi) is 2.39. The van der Waals surface area contributed by atoms with Gasteiger partial charge in [0.1, 0.15) is 0 Å². The summed E-state index contributed by atoms with van der Waals surface area (Å²) in [5, 5.41) is 10.1. The number of halogens is 1. The first-order chi connectivity index (χ1) is 6.72. The van der Waals surface area contributed by atoms with Crippen LogP contribution in [0.2, 0.25) is 0 Å². The van der Waals surface area contributed by atoms with Crippen LogP contribution in [0.4, 0.5) is 5.69 Å². The minimum absolute atomic E-state index is 0.0681. The van der Waals surface area contributed by atoms with Gasteiger partial charge in [0.25, 0.3) is 0 Å². The number of benzene rings is 1. The van der Waals surface area contributed by atoms with Crippen molar-refractivity contribution in [1.29, 1.82) is 0 Å². The standard InChI is InChI=1S/C10H9BrN2O/c11-6-1-2-10-7(3-6)8(5-14)9(12)4-13-10/h1-4,14H,5,12H2. The van der Waals surface area contributed by atoms with Crippen LogP contribution in [-0.2, 0) is 6.61 Å². The first kappa shape index (κ1) is 9.43. The van der Waals surface area contributed by atoms with Crippen LogP contribution in [0.1, 0.15) is 5.56 Å². The SMILES string of the molecule is Nc1cnc2ccc(Br)cc2c1CO. The van der Waals surface area contributed by atoms with E-state index < -0.39 is 0 Å². The van der Waals surface area contributed by atoms with Crippen LogP contribution in [0.5, 0.6) is 0 Å². The van der Waals surface area contributed by atoms with Gasteiger partial charge < -0.3 is 10.8 Å². The fourth-order valence-corrected chi connectivity index (χ4v) is 1.77. The number of hydrogen-bond acceptors (Lipinski definition) is 3. The second-order valence-electron chi connectivity index (χ2n) is 3.01. The van der Waals surface area contributed by atoms with Crippen LogP contribution in [0.25, 0.3) is 10.9 Å². The largest absolute Gasteiger partial charge is 0.397 e. The van der Waals surface area contributed by atoms with Crippen LogP contribution >= 0.6 is 15.9 Å². The zero-order valence-corrected chi connectivity index (χ0v) is 8.95. The number of pyridine rings is 1. The number of nitrogens with two attached hydrogens (primary N) is 1. The molecule has 0 fully saturated rings. The fourth-order valence-electron chi connectivity index (χ4n) is 1.41. The zero-order valence-electron chi connectivity index (χ0n) is 7.37. The van der Waals surface area contributed by atoms with Gasteiger partial charge in [-0.25, -0.2) is 0 Å². The molecule has 0 amide bonds. The number of rotatable bonds is 1. The second-order valence-corrected chi connectivity index (χ2v) is 3.93. The Balaban J connectivity index is 2.84. The molecule has 0 aliphatic rings. The fraction of sp³-hybridized carbons (Fsp3) is 0.100.